The fraction of sp³-hybridized carbons (Fsp3) is 0.259. The monoisotopic (exact) mass is 559 g/mol. The molecular formula is C27H24ClF2N3O4S. The van der Waals surface area contributed by atoms with Gasteiger partial charge in [0, 0.05) is 17.5 Å². The summed E-state index contributed by atoms with van der Waals surface area (Å²) in [6, 6.07) is 16.0. The molecule has 0 saturated heterocycles. The number of ether oxygens (including phenoxy) is 1. The van der Waals surface area contributed by atoms with Crippen molar-refractivity contribution in [1.82, 2.24) is 9.97 Å². The van der Waals surface area contributed by atoms with Crippen LogP contribution < -0.4 is 10.5 Å². The normalized spacial score (nSPS) is 14.6. The van der Waals surface area contributed by atoms with Crippen molar-refractivity contribution in [3.63, 3.8) is 0 Å². The fourth-order valence-corrected chi connectivity index (χ4v) is 6.44. The third kappa shape index (κ3) is 5.66. The average molecular weight is 560 g/mol. The van der Waals surface area contributed by atoms with E-state index in [-0.39, 0.29) is 33.8 Å². The Morgan fingerprint density at radius 1 is 1.11 bits per heavy atom. The van der Waals surface area contributed by atoms with Gasteiger partial charge in [0.15, 0.2) is 9.84 Å². The van der Waals surface area contributed by atoms with E-state index in [9.17, 15) is 22.0 Å². The highest BCUT2D eigenvalue weighted by Gasteiger charge is 2.29. The Hall–Kier alpha value is -3.50. The second kappa shape index (κ2) is 10.3. The number of fused-ring (bicyclic) bond motifs is 1. The number of para-hydroxylation sites is 1. The Labute approximate surface area is 222 Å². The first-order valence-corrected chi connectivity index (χ1v) is 14.0. The van der Waals surface area contributed by atoms with Crippen molar-refractivity contribution >= 4 is 38.4 Å². The SMILES string of the molecule is NC(=O)CC(c1ccc(S(=O)(=O)CC2CC2)cc1)c1nc2cc(-c3ccccc3OC(F)F)c(Cl)cc2[nH]1. The molecule has 1 aliphatic carbocycles. The van der Waals surface area contributed by atoms with Crippen LogP contribution in [-0.2, 0) is 14.6 Å². The first kappa shape index (κ1) is 26.1. The third-order valence-corrected chi connectivity index (χ3v) is 8.72. The van der Waals surface area contributed by atoms with Crippen molar-refractivity contribution in [3.8, 4) is 16.9 Å². The zero-order valence-corrected chi connectivity index (χ0v) is 21.6. The quantitative estimate of drug-likeness (QED) is 0.259. The summed E-state index contributed by atoms with van der Waals surface area (Å²) in [6.45, 7) is -3.00. The molecule has 7 nitrogen and oxygen atoms in total. The van der Waals surface area contributed by atoms with Gasteiger partial charge >= 0.3 is 6.61 Å². The van der Waals surface area contributed by atoms with Crippen LogP contribution >= 0.6 is 11.6 Å². The van der Waals surface area contributed by atoms with Gasteiger partial charge in [0.2, 0.25) is 5.91 Å². The zero-order valence-electron chi connectivity index (χ0n) is 20.0. The van der Waals surface area contributed by atoms with Crippen molar-refractivity contribution in [2.45, 2.75) is 36.7 Å². The molecule has 1 unspecified atom stereocenters. The van der Waals surface area contributed by atoms with E-state index in [1.54, 1.807) is 54.6 Å². The van der Waals surface area contributed by atoms with E-state index in [4.69, 9.17) is 17.3 Å². The standard InChI is InChI=1S/C27H24ClF2N3O4S/c28-21-13-23-22(11-20(21)18-3-1-2-4-24(18)37-27(29)30)32-26(33-23)19(12-25(31)34)16-7-9-17(10-8-16)38(35,36)14-15-5-6-15/h1-4,7-11,13,15,19,27H,5-6,12,14H2,(H2,31,34)(H,32,33). The smallest absolute Gasteiger partial charge is 0.387 e. The highest BCUT2D eigenvalue weighted by molar-refractivity contribution is 7.91. The van der Waals surface area contributed by atoms with E-state index >= 15 is 0 Å². The lowest BCUT2D eigenvalue weighted by molar-refractivity contribution is -0.118. The predicted octanol–water partition coefficient (Wildman–Crippen LogP) is 5.68. The van der Waals surface area contributed by atoms with E-state index in [1.165, 1.54) is 6.07 Å². The number of carbonyl (C=O) groups is 1. The molecule has 1 saturated carbocycles. The van der Waals surface area contributed by atoms with Crippen molar-refractivity contribution in [3.05, 3.63) is 77.1 Å². The number of amides is 1. The van der Waals surface area contributed by atoms with Gasteiger partial charge in [0.25, 0.3) is 0 Å². The number of hydrogen-bond donors (Lipinski definition) is 2. The van der Waals surface area contributed by atoms with E-state index < -0.39 is 28.3 Å². The minimum absolute atomic E-state index is 0.0251. The van der Waals surface area contributed by atoms with Crippen molar-refractivity contribution in [2.75, 3.05) is 5.75 Å². The molecule has 1 atom stereocenters. The van der Waals surface area contributed by atoms with Crippen LogP contribution in [0.3, 0.4) is 0 Å². The number of benzene rings is 3. The number of carbonyl (C=O) groups excluding carboxylic acids is 1. The van der Waals surface area contributed by atoms with Crippen LogP contribution in [0, 0.1) is 5.92 Å². The number of nitrogens with one attached hydrogen (secondary N) is 1. The second-order valence-electron chi connectivity index (χ2n) is 9.36. The Bertz CT molecular complexity index is 1600. The predicted molar refractivity (Wildman–Crippen MR) is 140 cm³/mol. The number of nitrogens with two attached hydrogens (primary N) is 1. The van der Waals surface area contributed by atoms with E-state index in [1.807, 2.05) is 0 Å². The Morgan fingerprint density at radius 2 is 1.82 bits per heavy atom. The van der Waals surface area contributed by atoms with Gasteiger partial charge in [0.05, 0.1) is 32.6 Å². The van der Waals surface area contributed by atoms with Crippen LogP contribution in [0.1, 0.15) is 36.6 Å². The first-order chi connectivity index (χ1) is 18.1. The summed E-state index contributed by atoms with van der Waals surface area (Å²) in [5.41, 5.74) is 8.08. The number of rotatable bonds is 10. The number of imidazole rings is 1. The number of hydrogen-bond acceptors (Lipinski definition) is 5. The van der Waals surface area contributed by atoms with Crippen molar-refractivity contribution in [2.24, 2.45) is 11.7 Å². The minimum atomic E-state index is -3.38. The number of halogens is 3. The molecule has 1 fully saturated rings. The Morgan fingerprint density at radius 3 is 2.47 bits per heavy atom. The molecular weight excluding hydrogens is 536 g/mol. The number of aromatic amines is 1. The number of alkyl halides is 2. The lowest BCUT2D eigenvalue weighted by Crippen LogP contribution is -2.17. The maximum Gasteiger partial charge on any atom is 0.387 e. The maximum atomic E-state index is 12.9. The Kier molecular flexibility index (Phi) is 7.11. The van der Waals surface area contributed by atoms with E-state index in [0.29, 0.717) is 33.5 Å². The largest absolute Gasteiger partial charge is 0.434 e. The second-order valence-corrected chi connectivity index (χ2v) is 11.8. The summed E-state index contributed by atoms with van der Waals surface area (Å²) in [5, 5.41) is 0.287. The molecule has 198 valence electrons. The van der Waals surface area contributed by atoms with Gasteiger partial charge in [-0.05, 0) is 54.7 Å². The highest BCUT2D eigenvalue weighted by atomic mass is 35.5. The summed E-state index contributed by atoms with van der Waals surface area (Å²) >= 11 is 6.52. The summed E-state index contributed by atoms with van der Waals surface area (Å²) in [4.78, 5) is 20.0. The molecule has 0 aliphatic heterocycles. The van der Waals surface area contributed by atoms with Gasteiger partial charge in [0.1, 0.15) is 11.6 Å². The van der Waals surface area contributed by atoms with Gasteiger partial charge in [-0.1, -0.05) is 41.9 Å². The van der Waals surface area contributed by atoms with Gasteiger partial charge in [-0.2, -0.15) is 8.78 Å². The molecule has 5 rings (SSSR count). The van der Waals surface area contributed by atoms with E-state index in [0.717, 1.165) is 12.8 Å². The number of aromatic nitrogens is 2. The van der Waals surface area contributed by atoms with Crippen LogP contribution in [0.25, 0.3) is 22.2 Å². The summed E-state index contributed by atoms with van der Waals surface area (Å²) in [6.07, 6.45) is 1.79. The molecule has 4 aromatic rings. The van der Waals surface area contributed by atoms with Crippen LogP contribution in [0.15, 0.2) is 65.6 Å². The number of primary amides is 1. The summed E-state index contributed by atoms with van der Waals surface area (Å²) < 4.78 is 55.8. The zero-order chi connectivity index (χ0) is 27.0. The molecule has 1 heterocycles. The highest BCUT2D eigenvalue weighted by Crippen LogP contribution is 2.39. The lowest BCUT2D eigenvalue weighted by atomic mass is 9.95. The van der Waals surface area contributed by atoms with E-state index in [2.05, 4.69) is 14.7 Å². The molecule has 3 N–H and O–H groups in total. The van der Waals surface area contributed by atoms with Crippen molar-refractivity contribution in [1.29, 1.82) is 0 Å². The molecule has 1 amide bonds. The molecule has 0 bridgehead atoms. The lowest BCUT2D eigenvalue weighted by Gasteiger charge is -2.14. The third-order valence-electron chi connectivity index (χ3n) is 6.51. The molecule has 1 aliphatic rings. The topological polar surface area (TPSA) is 115 Å². The Balaban J connectivity index is 1.51. The molecule has 38 heavy (non-hydrogen) atoms. The molecule has 0 radical (unpaired) electrons. The number of H-pyrrole nitrogens is 1. The van der Waals surface area contributed by atoms with Crippen molar-refractivity contribution < 1.29 is 26.7 Å². The molecule has 11 heteroatoms. The first-order valence-electron chi connectivity index (χ1n) is 11.9. The summed E-state index contributed by atoms with van der Waals surface area (Å²) in [7, 11) is -3.38. The van der Waals surface area contributed by atoms with Crippen LogP contribution in [-0.4, -0.2) is 36.7 Å². The van der Waals surface area contributed by atoms with Crippen LogP contribution in [0.2, 0.25) is 5.02 Å². The van der Waals surface area contributed by atoms with Gasteiger partial charge < -0.3 is 15.5 Å². The fourth-order valence-electron chi connectivity index (χ4n) is 4.48. The number of nitrogens with zero attached hydrogens (tertiary/aromatic N) is 1. The van der Waals surface area contributed by atoms with Gasteiger partial charge in [-0.25, -0.2) is 13.4 Å². The van der Waals surface area contributed by atoms with Gasteiger partial charge in [-0.3, -0.25) is 4.79 Å². The van der Waals surface area contributed by atoms with Crippen LogP contribution in [0.4, 0.5) is 8.78 Å². The number of sulfone groups is 1. The van der Waals surface area contributed by atoms with Gasteiger partial charge in [-0.15, -0.1) is 0 Å². The minimum Gasteiger partial charge on any atom is -0.434 e. The molecule has 1 aromatic heterocycles. The van der Waals surface area contributed by atoms with Crippen LogP contribution in [0.5, 0.6) is 5.75 Å². The molecule has 0 spiro atoms. The average Bonchev–Trinajstić information content (AvgIpc) is 3.57. The summed E-state index contributed by atoms with van der Waals surface area (Å²) in [5.74, 6) is -0.367. The maximum absolute atomic E-state index is 12.9. The molecule has 3 aromatic carbocycles.